The number of hydrogen-bond acceptors (Lipinski definition) is 8. The number of benzene rings is 1. The van der Waals surface area contributed by atoms with Gasteiger partial charge >= 0.3 is 6.18 Å². The molecule has 0 spiro atoms. The van der Waals surface area contributed by atoms with Gasteiger partial charge in [-0.3, -0.25) is 0 Å². The van der Waals surface area contributed by atoms with Gasteiger partial charge in [-0.2, -0.15) is 13.2 Å². The van der Waals surface area contributed by atoms with Crippen molar-refractivity contribution in [3.05, 3.63) is 65.6 Å². The van der Waals surface area contributed by atoms with Crippen molar-refractivity contribution < 1.29 is 27.8 Å². The van der Waals surface area contributed by atoms with Crippen molar-refractivity contribution in [1.29, 1.82) is 0 Å². The summed E-state index contributed by atoms with van der Waals surface area (Å²) in [5, 5.41) is 9.62. The molecule has 2 aliphatic rings. The molecular weight excluding hydrogens is 534 g/mol. The van der Waals surface area contributed by atoms with E-state index in [9.17, 15) is 18.3 Å². The summed E-state index contributed by atoms with van der Waals surface area (Å²) in [6, 6.07) is 5.94. The number of fused-ring (bicyclic) bond motifs is 5. The fourth-order valence-electron chi connectivity index (χ4n) is 4.75. The Kier molecular flexibility index (Phi) is 6.40. The highest BCUT2D eigenvalue weighted by atomic mass is 19.4. The fraction of sp³-hybridized carbons (Fsp3) is 0.346. The average Bonchev–Trinajstić information content (AvgIpc) is 3.65. The molecule has 1 N–H and O–H groups in total. The molecule has 6 radical (unpaired) electrons. The summed E-state index contributed by atoms with van der Waals surface area (Å²) >= 11 is 0. The summed E-state index contributed by atoms with van der Waals surface area (Å²) in [4.78, 5) is 21.5. The smallest absolute Gasteiger partial charge is 0.434 e. The highest BCUT2D eigenvalue weighted by molar-refractivity contribution is 6.56. The number of nitrogens with zero attached hydrogens (tertiary/aromatic N) is 6. The van der Waals surface area contributed by atoms with Crippen LogP contribution in [-0.2, 0) is 17.0 Å². The Morgan fingerprint density at radius 3 is 2.49 bits per heavy atom. The summed E-state index contributed by atoms with van der Waals surface area (Å²) < 4.78 is 53.3. The molecule has 4 heterocycles. The second-order valence-corrected chi connectivity index (χ2v) is 10.2. The minimum absolute atomic E-state index is 0.000373. The zero-order chi connectivity index (χ0) is 29.2. The van der Waals surface area contributed by atoms with Crippen LogP contribution < -0.4 is 9.47 Å². The number of imidazole rings is 1. The van der Waals surface area contributed by atoms with Gasteiger partial charge in [0.05, 0.1) is 34.9 Å². The van der Waals surface area contributed by atoms with Crippen molar-refractivity contribution in [2.45, 2.75) is 42.7 Å². The molecule has 9 nitrogen and oxygen atoms in total. The van der Waals surface area contributed by atoms with Crippen molar-refractivity contribution in [2.75, 3.05) is 13.2 Å². The Morgan fingerprint density at radius 1 is 1.02 bits per heavy atom. The van der Waals surface area contributed by atoms with Crippen LogP contribution in [0.25, 0.3) is 22.8 Å². The van der Waals surface area contributed by atoms with Gasteiger partial charge in [-0.15, -0.1) is 0 Å². The van der Waals surface area contributed by atoms with Crippen LogP contribution >= 0.6 is 0 Å². The third-order valence-corrected chi connectivity index (χ3v) is 6.94. The van der Waals surface area contributed by atoms with Crippen LogP contribution in [0, 0.1) is 0 Å². The van der Waals surface area contributed by atoms with Gasteiger partial charge in [0, 0.05) is 29.4 Å². The highest BCUT2D eigenvalue weighted by Gasteiger charge is 2.38. The molecule has 3 aromatic heterocycles. The second-order valence-electron chi connectivity index (χ2n) is 10.2. The molecule has 6 rings (SSSR count). The Balaban J connectivity index is 1.49. The Bertz CT molecular complexity index is 1640. The van der Waals surface area contributed by atoms with Crippen LogP contribution in [-0.4, -0.2) is 71.3 Å². The molecule has 4 aromatic rings. The van der Waals surface area contributed by atoms with Crippen molar-refractivity contribution in [2.24, 2.45) is 0 Å². The SMILES string of the molecule is [B]C([B])([B])n1cc(C(F)(F)F)nc1-c1ccc2c(c1)OCCOc1ncnc(C3CC3)c1-c1nccc(n1)C2(C)O. The monoisotopic (exact) mass is 554 g/mol. The molecule has 41 heavy (non-hydrogen) atoms. The summed E-state index contributed by atoms with van der Waals surface area (Å²) in [6.07, 6.45) is 0.744. The predicted octanol–water partition coefficient (Wildman–Crippen LogP) is 2.79. The standard InChI is InChI=1S/C26H20B3F3N6O3/c1-24(39)15-5-4-14(22-37-18(25(30,31)32)11-38(22)26(27,28)29)10-16(15)40-8-9-41-23-19(21-33-7-6-17(24)36-21)20(13-2-3-13)34-12-35-23/h4-7,10-13,39H,2-3,8-9H2,1H3. The zero-order valence-corrected chi connectivity index (χ0v) is 21.8. The number of ether oxygens (including phenoxy) is 2. The quantitative estimate of drug-likeness (QED) is 0.386. The maximum absolute atomic E-state index is 13.5. The number of halogens is 3. The second kappa shape index (κ2) is 9.61. The third-order valence-electron chi connectivity index (χ3n) is 6.94. The minimum atomic E-state index is -4.77. The van der Waals surface area contributed by atoms with Crippen molar-refractivity contribution in [1.82, 2.24) is 29.5 Å². The Hall–Kier alpha value is -3.87. The van der Waals surface area contributed by atoms with Gasteiger partial charge in [-0.05, 0) is 31.9 Å². The molecule has 1 aliphatic heterocycles. The van der Waals surface area contributed by atoms with Gasteiger partial charge in [-0.25, -0.2) is 24.9 Å². The van der Waals surface area contributed by atoms with Gasteiger partial charge < -0.3 is 19.1 Å². The Labute approximate surface area is 236 Å². The molecule has 1 unspecified atom stereocenters. The molecule has 202 valence electrons. The largest absolute Gasteiger partial charge is 0.490 e. The van der Waals surface area contributed by atoms with Crippen LogP contribution in [0.2, 0.25) is 0 Å². The lowest BCUT2D eigenvalue weighted by molar-refractivity contribution is -0.140. The fourth-order valence-corrected chi connectivity index (χ4v) is 4.75. The van der Waals surface area contributed by atoms with Crippen LogP contribution in [0.4, 0.5) is 13.2 Å². The van der Waals surface area contributed by atoms with Crippen LogP contribution in [0.5, 0.6) is 11.6 Å². The van der Waals surface area contributed by atoms with E-state index in [2.05, 4.69) is 24.9 Å². The van der Waals surface area contributed by atoms with Gasteiger partial charge in [0.2, 0.25) is 5.88 Å². The van der Waals surface area contributed by atoms with E-state index in [4.69, 9.17) is 33.0 Å². The van der Waals surface area contributed by atoms with Gasteiger partial charge in [0.15, 0.2) is 11.5 Å². The average molecular weight is 554 g/mol. The molecule has 15 heteroatoms. The molecule has 1 saturated carbocycles. The first kappa shape index (κ1) is 27.3. The topological polar surface area (TPSA) is 108 Å². The maximum atomic E-state index is 13.5. The molecular formula is C26H20B3F3N6O3. The summed E-state index contributed by atoms with van der Waals surface area (Å²) in [5.74, 6) is 0.709. The first-order valence-electron chi connectivity index (χ1n) is 12.7. The summed E-state index contributed by atoms with van der Waals surface area (Å²) in [7, 11) is 17.3. The van der Waals surface area contributed by atoms with Gasteiger partial charge in [0.1, 0.15) is 42.3 Å². The maximum Gasteiger partial charge on any atom is 0.434 e. The molecule has 1 fully saturated rings. The van der Waals surface area contributed by atoms with E-state index in [1.165, 1.54) is 37.6 Å². The lowest BCUT2D eigenvalue weighted by Crippen LogP contribution is -2.35. The number of alkyl halides is 3. The summed E-state index contributed by atoms with van der Waals surface area (Å²) in [6.45, 7) is 1.57. The summed E-state index contributed by atoms with van der Waals surface area (Å²) in [5.41, 5.74) is -0.928. The van der Waals surface area contributed by atoms with E-state index in [0.29, 0.717) is 17.6 Å². The molecule has 2 bridgehead atoms. The minimum Gasteiger partial charge on any atom is -0.490 e. The third kappa shape index (κ3) is 5.07. The van der Waals surface area contributed by atoms with E-state index in [1.54, 1.807) is 6.07 Å². The van der Waals surface area contributed by atoms with E-state index in [0.717, 1.165) is 23.1 Å². The zero-order valence-electron chi connectivity index (χ0n) is 21.8. The van der Waals surface area contributed by atoms with E-state index in [1.807, 2.05) is 0 Å². The molecule has 0 saturated heterocycles. The molecule has 1 atom stereocenters. The van der Waals surface area contributed by atoms with Gasteiger partial charge in [-0.1, -0.05) is 17.4 Å². The van der Waals surface area contributed by atoms with E-state index >= 15 is 0 Å². The van der Waals surface area contributed by atoms with Gasteiger partial charge in [0.25, 0.3) is 0 Å². The first-order chi connectivity index (χ1) is 19.3. The number of rotatable bonds is 3. The predicted molar refractivity (Wildman–Crippen MR) is 143 cm³/mol. The van der Waals surface area contributed by atoms with Crippen LogP contribution in [0.3, 0.4) is 0 Å². The molecule has 0 amide bonds. The lowest BCUT2D eigenvalue weighted by Gasteiger charge is -2.28. The van der Waals surface area contributed by atoms with Crippen LogP contribution in [0.1, 0.15) is 48.3 Å². The van der Waals surface area contributed by atoms with Crippen molar-refractivity contribution >= 4 is 23.5 Å². The van der Waals surface area contributed by atoms with E-state index < -0.39 is 22.7 Å². The normalized spacial score (nSPS) is 19.1. The van der Waals surface area contributed by atoms with Crippen molar-refractivity contribution in [3.8, 4) is 34.4 Å². The number of aliphatic hydroxyl groups is 1. The number of hydrogen-bond donors (Lipinski definition) is 1. The van der Waals surface area contributed by atoms with E-state index in [-0.39, 0.29) is 53.4 Å². The first-order valence-corrected chi connectivity index (χ1v) is 12.7. The molecule has 1 aromatic carbocycles. The highest BCUT2D eigenvalue weighted by Crippen LogP contribution is 2.45. The van der Waals surface area contributed by atoms with Crippen molar-refractivity contribution in [3.63, 3.8) is 0 Å². The lowest BCUT2D eigenvalue weighted by atomic mass is 9.49. The number of aromatic nitrogens is 6. The van der Waals surface area contributed by atoms with Crippen LogP contribution in [0.15, 0.2) is 43.0 Å². The molecule has 1 aliphatic carbocycles. The Morgan fingerprint density at radius 2 is 1.78 bits per heavy atom.